The summed E-state index contributed by atoms with van der Waals surface area (Å²) in [6.07, 6.45) is 2.79. The maximum Gasteiger partial charge on any atom is 0.262 e. The Morgan fingerprint density at radius 3 is 2.53 bits per heavy atom. The lowest BCUT2D eigenvalue weighted by Crippen LogP contribution is -2.35. The van der Waals surface area contributed by atoms with Crippen LogP contribution in [0.5, 0.6) is 5.75 Å². The second kappa shape index (κ2) is 10.2. The number of H-pyrrole nitrogens is 1. The van der Waals surface area contributed by atoms with Crippen molar-refractivity contribution in [3.63, 3.8) is 0 Å². The number of hydrogen-bond acceptors (Lipinski definition) is 6. The minimum atomic E-state index is -3.51. The first-order valence-electron chi connectivity index (χ1n) is 11.0. The molecule has 0 unspecified atom stereocenters. The van der Waals surface area contributed by atoms with Gasteiger partial charge in [-0.05, 0) is 56.2 Å². The van der Waals surface area contributed by atoms with Gasteiger partial charge in [-0.15, -0.1) is 0 Å². The van der Waals surface area contributed by atoms with Crippen molar-refractivity contribution in [2.45, 2.75) is 31.1 Å². The molecule has 0 radical (unpaired) electrons. The first-order chi connectivity index (χ1) is 16.3. The summed E-state index contributed by atoms with van der Waals surface area (Å²) < 4.78 is 32.5. The summed E-state index contributed by atoms with van der Waals surface area (Å²) in [6, 6.07) is 14.4. The van der Waals surface area contributed by atoms with E-state index in [0.29, 0.717) is 41.6 Å². The normalized spacial score (nSPS) is 14.5. The lowest BCUT2D eigenvalue weighted by Gasteiger charge is -2.25. The van der Waals surface area contributed by atoms with Crippen molar-refractivity contribution < 1.29 is 17.9 Å². The van der Waals surface area contributed by atoms with Gasteiger partial charge in [-0.25, -0.2) is 13.4 Å². The predicted molar refractivity (Wildman–Crippen MR) is 128 cm³/mol. The number of piperidine rings is 1. The van der Waals surface area contributed by atoms with Gasteiger partial charge in [-0.1, -0.05) is 18.6 Å². The molecule has 1 aliphatic rings. The third-order valence-corrected chi connectivity index (χ3v) is 7.35. The summed E-state index contributed by atoms with van der Waals surface area (Å²) in [6.45, 7) is 2.56. The highest BCUT2D eigenvalue weighted by Crippen LogP contribution is 2.23. The maximum atomic E-state index is 12.7. The number of aromatic nitrogens is 2. The van der Waals surface area contributed by atoms with Crippen molar-refractivity contribution in [2.24, 2.45) is 0 Å². The molecule has 0 atom stereocenters. The number of ether oxygens (including phenoxy) is 1. The topological polar surface area (TPSA) is 121 Å². The lowest BCUT2D eigenvalue weighted by atomic mass is 10.2. The van der Waals surface area contributed by atoms with Crippen LogP contribution < -0.4 is 15.6 Å². The highest BCUT2D eigenvalue weighted by Gasteiger charge is 2.25. The molecule has 2 aromatic carbocycles. The first-order valence-corrected chi connectivity index (χ1v) is 12.5. The second-order valence-corrected chi connectivity index (χ2v) is 10.0. The molecule has 0 saturated carbocycles. The Kier molecular flexibility index (Phi) is 7.09. The standard InChI is InChI=1S/C24H26N4O5S/c1-17-14-22(29)27-24(25-17)18-6-5-7-19(15-18)26-23(30)16-33-20-8-10-21(11-9-20)34(31,32)28-12-3-2-4-13-28/h5-11,14-15H,2-4,12-13,16H2,1H3,(H,26,30)(H,25,27,29). The minimum Gasteiger partial charge on any atom is -0.484 e. The van der Waals surface area contributed by atoms with Crippen molar-refractivity contribution in [1.29, 1.82) is 0 Å². The monoisotopic (exact) mass is 482 g/mol. The highest BCUT2D eigenvalue weighted by molar-refractivity contribution is 7.89. The van der Waals surface area contributed by atoms with E-state index in [1.165, 1.54) is 22.5 Å². The second-order valence-electron chi connectivity index (χ2n) is 8.09. The molecule has 2 heterocycles. The van der Waals surface area contributed by atoms with Crippen LogP contribution in [0.15, 0.2) is 64.3 Å². The van der Waals surface area contributed by atoms with Gasteiger partial charge in [0.1, 0.15) is 11.6 Å². The molecule has 1 fully saturated rings. The molecule has 1 saturated heterocycles. The third-order valence-electron chi connectivity index (χ3n) is 5.44. The van der Waals surface area contributed by atoms with Gasteiger partial charge in [0.05, 0.1) is 4.90 Å². The molecular formula is C24H26N4O5S. The van der Waals surface area contributed by atoms with Gasteiger partial charge in [0.25, 0.3) is 11.5 Å². The molecule has 34 heavy (non-hydrogen) atoms. The fourth-order valence-corrected chi connectivity index (χ4v) is 5.29. The van der Waals surface area contributed by atoms with Gasteiger partial charge in [-0.2, -0.15) is 4.31 Å². The zero-order chi connectivity index (χ0) is 24.1. The van der Waals surface area contributed by atoms with Gasteiger partial charge in [-0.3, -0.25) is 9.59 Å². The average Bonchev–Trinajstić information content (AvgIpc) is 2.83. The van der Waals surface area contributed by atoms with Crippen LogP contribution in [0.1, 0.15) is 25.0 Å². The SMILES string of the molecule is Cc1cc(=O)[nH]c(-c2cccc(NC(=O)COc3ccc(S(=O)(=O)N4CCCCC4)cc3)c2)n1. The van der Waals surface area contributed by atoms with Crippen LogP contribution in [-0.4, -0.2) is 48.3 Å². The molecule has 10 heteroatoms. The number of rotatable bonds is 7. The Balaban J connectivity index is 1.36. The van der Waals surface area contributed by atoms with Gasteiger partial charge in [0, 0.05) is 36.1 Å². The average molecular weight is 483 g/mol. The largest absolute Gasteiger partial charge is 0.484 e. The number of carbonyl (C=O) groups excluding carboxylic acids is 1. The van der Waals surface area contributed by atoms with Crippen molar-refractivity contribution in [3.8, 4) is 17.1 Å². The van der Waals surface area contributed by atoms with Crippen LogP contribution in [0.3, 0.4) is 0 Å². The van der Waals surface area contributed by atoms with E-state index < -0.39 is 10.0 Å². The number of carbonyl (C=O) groups is 1. The van der Waals surface area contributed by atoms with E-state index >= 15 is 0 Å². The van der Waals surface area contributed by atoms with Crippen molar-refractivity contribution in [1.82, 2.24) is 14.3 Å². The summed E-state index contributed by atoms with van der Waals surface area (Å²) in [7, 11) is -3.51. The molecule has 4 rings (SSSR count). The van der Waals surface area contributed by atoms with Crippen LogP contribution in [0.4, 0.5) is 5.69 Å². The molecule has 1 aliphatic heterocycles. The quantitative estimate of drug-likeness (QED) is 0.534. The Morgan fingerprint density at radius 2 is 1.82 bits per heavy atom. The predicted octanol–water partition coefficient (Wildman–Crippen LogP) is 2.94. The third kappa shape index (κ3) is 5.70. The smallest absolute Gasteiger partial charge is 0.262 e. The van der Waals surface area contributed by atoms with Gasteiger partial charge < -0.3 is 15.0 Å². The van der Waals surface area contributed by atoms with E-state index in [2.05, 4.69) is 15.3 Å². The van der Waals surface area contributed by atoms with E-state index in [1.54, 1.807) is 43.3 Å². The zero-order valence-corrected chi connectivity index (χ0v) is 19.6. The Hall–Kier alpha value is -3.50. The molecule has 0 spiro atoms. The molecule has 3 aromatic rings. The zero-order valence-electron chi connectivity index (χ0n) is 18.8. The van der Waals surface area contributed by atoms with Crippen LogP contribution in [0, 0.1) is 6.92 Å². The van der Waals surface area contributed by atoms with E-state index in [1.807, 2.05) is 0 Å². The molecule has 1 aromatic heterocycles. The molecule has 0 bridgehead atoms. The van der Waals surface area contributed by atoms with Gasteiger partial charge >= 0.3 is 0 Å². The number of benzene rings is 2. The number of hydrogen-bond donors (Lipinski definition) is 2. The molecule has 178 valence electrons. The number of aromatic amines is 1. The van der Waals surface area contributed by atoms with Crippen molar-refractivity contribution >= 4 is 21.6 Å². The van der Waals surface area contributed by atoms with E-state index in [0.717, 1.165) is 19.3 Å². The van der Waals surface area contributed by atoms with Crippen LogP contribution in [0.25, 0.3) is 11.4 Å². The fourth-order valence-electron chi connectivity index (χ4n) is 3.77. The van der Waals surface area contributed by atoms with Crippen LogP contribution >= 0.6 is 0 Å². The van der Waals surface area contributed by atoms with E-state index in [-0.39, 0.29) is 23.0 Å². The maximum absolute atomic E-state index is 12.7. The molecule has 1 amide bonds. The number of sulfonamides is 1. The molecule has 9 nitrogen and oxygen atoms in total. The summed E-state index contributed by atoms with van der Waals surface area (Å²) in [4.78, 5) is 31.3. The molecular weight excluding hydrogens is 456 g/mol. The highest BCUT2D eigenvalue weighted by atomic mass is 32.2. The Labute approximate surface area is 197 Å². The van der Waals surface area contributed by atoms with E-state index in [4.69, 9.17) is 4.74 Å². The Morgan fingerprint density at radius 1 is 1.09 bits per heavy atom. The summed E-state index contributed by atoms with van der Waals surface area (Å²) >= 11 is 0. The van der Waals surface area contributed by atoms with Gasteiger partial charge in [0.2, 0.25) is 10.0 Å². The van der Waals surface area contributed by atoms with Crippen molar-refractivity contribution in [2.75, 3.05) is 25.0 Å². The minimum absolute atomic E-state index is 0.214. The molecule has 0 aliphatic carbocycles. The van der Waals surface area contributed by atoms with Crippen LogP contribution in [-0.2, 0) is 14.8 Å². The number of anilines is 1. The number of aryl methyl sites for hydroxylation is 1. The van der Waals surface area contributed by atoms with E-state index in [9.17, 15) is 18.0 Å². The lowest BCUT2D eigenvalue weighted by molar-refractivity contribution is -0.118. The number of amides is 1. The first kappa shape index (κ1) is 23.7. The summed E-state index contributed by atoms with van der Waals surface area (Å²) in [5, 5.41) is 2.74. The van der Waals surface area contributed by atoms with Crippen molar-refractivity contribution in [3.05, 3.63) is 70.6 Å². The molecule has 2 N–H and O–H groups in total. The Bertz CT molecular complexity index is 1330. The van der Waals surface area contributed by atoms with Crippen LogP contribution in [0.2, 0.25) is 0 Å². The fraction of sp³-hybridized carbons (Fsp3) is 0.292. The summed E-state index contributed by atoms with van der Waals surface area (Å²) in [5.74, 6) is 0.424. The number of nitrogens with zero attached hydrogens (tertiary/aromatic N) is 2. The van der Waals surface area contributed by atoms with Gasteiger partial charge in [0.15, 0.2) is 6.61 Å². The number of nitrogens with one attached hydrogen (secondary N) is 2. The summed E-state index contributed by atoms with van der Waals surface area (Å²) in [5.41, 5.74) is 1.53.